The summed E-state index contributed by atoms with van der Waals surface area (Å²) in [7, 11) is -5.16. The molecule has 0 bridgehead atoms. The molecule has 5 aromatic rings. The first-order chi connectivity index (χ1) is 23.3. The molecule has 0 spiro atoms. The molecule has 1 N–H and O–H groups in total. The highest BCUT2D eigenvalue weighted by atomic mass is 31.2. The molecule has 1 unspecified atom stereocenters. The first kappa shape index (κ1) is 36.5. The molecule has 6 nitrogen and oxygen atoms in total. The number of para-hydroxylation sites is 1. The van der Waals surface area contributed by atoms with Crippen molar-refractivity contribution in [2.24, 2.45) is 0 Å². The predicted octanol–water partition coefficient (Wildman–Crippen LogP) is 8.92. The van der Waals surface area contributed by atoms with Crippen molar-refractivity contribution < 1.29 is 27.8 Å². The van der Waals surface area contributed by atoms with E-state index in [1.807, 2.05) is 48.5 Å². The Morgan fingerprint density at radius 3 is 1.94 bits per heavy atom. The average molecular weight is 700 g/mol. The molecular weight excluding hydrogens is 652 g/mol. The van der Waals surface area contributed by atoms with Crippen LogP contribution in [-0.4, -0.2) is 49.5 Å². The number of nitrogens with zero attached hydrogens (tertiary/aromatic N) is 1. The van der Waals surface area contributed by atoms with Crippen molar-refractivity contribution in [1.82, 2.24) is 4.57 Å². The molecule has 258 valence electrons. The average Bonchev–Trinajstić information content (AvgIpc) is 3.41. The van der Waals surface area contributed by atoms with E-state index in [2.05, 4.69) is 75.6 Å². The zero-order valence-corrected chi connectivity index (χ0v) is 31.1. The summed E-state index contributed by atoms with van der Waals surface area (Å²) < 4.78 is 44.1. The molecule has 0 aliphatic rings. The van der Waals surface area contributed by atoms with Gasteiger partial charge in [0.25, 0.3) is 8.32 Å². The molecule has 0 aliphatic carbocycles. The second-order valence-electron chi connectivity index (χ2n) is 14.0. The van der Waals surface area contributed by atoms with Crippen molar-refractivity contribution in [1.29, 1.82) is 0 Å². The lowest BCUT2D eigenvalue weighted by molar-refractivity contribution is -0.138. The van der Waals surface area contributed by atoms with Crippen LogP contribution >= 0.6 is 7.37 Å². The van der Waals surface area contributed by atoms with Crippen LogP contribution in [0.1, 0.15) is 52.8 Å². The van der Waals surface area contributed by atoms with Crippen molar-refractivity contribution in [2.75, 3.05) is 19.4 Å². The second-order valence-corrected chi connectivity index (χ2v) is 21.0. The number of carboxylic acids is 1. The zero-order chi connectivity index (χ0) is 35.4. The number of carbonyl (C=O) groups is 1. The number of aliphatic carboxylic acids is 1. The van der Waals surface area contributed by atoms with Crippen LogP contribution < -0.4 is 10.4 Å². The van der Waals surface area contributed by atoms with Crippen molar-refractivity contribution in [3.8, 4) is 11.1 Å². The fraction of sp³-hybridized carbons (Fsp3) is 0.325. The molecule has 0 saturated carbocycles. The lowest BCUT2D eigenvalue weighted by Crippen LogP contribution is -2.68. The minimum Gasteiger partial charge on any atom is -0.481 e. The van der Waals surface area contributed by atoms with Crippen LogP contribution in [0, 0.1) is 5.82 Å². The van der Waals surface area contributed by atoms with Gasteiger partial charge in [0.1, 0.15) is 5.82 Å². The number of hydrogen-bond donors (Lipinski definition) is 1. The third-order valence-electron chi connectivity index (χ3n) is 9.33. The van der Waals surface area contributed by atoms with Crippen molar-refractivity contribution in [3.05, 3.63) is 121 Å². The first-order valence-electron chi connectivity index (χ1n) is 16.8. The SMILES string of the molecule is COP(=O)(CCc1c(-c2ccc(F)cc2)c2ccccc2n1C(C)C)C[C@H](CC(=O)O)O[Si](c1ccccc1)(c1ccccc1)C(C)(C)C. The van der Waals surface area contributed by atoms with Gasteiger partial charge < -0.3 is 18.6 Å². The Bertz CT molecular complexity index is 1880. The Labute approximate surface area is 290 Å². The minimum atomic E-state index is -3.45. The number of halogens is 1. The fourth-order valence-corrected chi connectivity index (χ4v) is 13.9. The Morgan fingerprint density at radius 1 is 0.878 bits per heavy atom. The van der Waals surface area contributed by atoms with E-state index in [1.54, 1.807) is 12.1 Å². The Balaban J connectivity index is 1.56. The van der Waals surface area contributed by atoms with E-state index in [0.717, 1.165) is 38.1 Å². The van der Waals surface area contributed by atoms with Gasteiger partial charge in [-0.1, -0.05) is 112 Å². The van der Waals surface area contributed by atoms with E-state index in [9.17, 15) is 18.9 Å². The molecule has 0 radical (unpaired) electrons. The van der Waals surface area contributed by atoms with Gasteiger partial charge in [-0.3, -0.25) is 9.36 Å². The maximum absolute atomic E-state index is 14.8. The van der Waals surface area contributed by atoms with Gasteiger partial charge in [-0.2, -0.15) is 0 Å². The molecule has 0 saturated heterocycles. The number of aromatic nitrogens is 1. The van der Waals surface area contributed by atoms with E-state index in [0.29, 0.717) is 6.42 Å². The monoisotopic (exact) mass is 699 g/mol. The topological polar surface area (TPSA) is 77.8 Å². The Hall–Kier alpha value is -3.81. The zero-order valence-electron chi connectivity index (χ0n) is 29.2. The molecular formula is C40H47FNO5PSi. The summed E-state index contributed by atoms with van der Waals surface area (Å²) in [6.07, 6.45) is -0.647. The lowest BCUT2D eigenvalue weighted by atomic mass is 10.0. The number of rotatable bonds is 14. The van der Waals surface area contributed by atoms with Gasteiger partial charge in [0, 0.05) is 41.5 Å². The summed E-state index contributed by atoms with van der Waals surface area (Å²) in [6.45, 7) is 10.6. The second kappa shape index (κ2) is 15.0. The summed E-state index contributed by atoms with van der Waals surface area (Å²) in [5.74, 6) is -1.34. The van der Waals surface area contributed by atoms with Crippen LogP contribution in [0.15, 0.2) is 109 Å². The van der Waals surface area contributed by atoms with Crippen LogP contribution in [0.3, 0.4) is 0 Å². The third kappa shape index (κ3) is 7.68. The quantitative estimate of drug-likeness (QED) is 0.0926. The van der Waals surface area contributed by atoms with Crippen molar-refractivity contribution in [3.63, 3.8) is 0 Å². The molecule has 0 amide bonds. The van der Waals surface area contributed by atoms with E-state index in [-0.39, 0.29) is 30.6 Å². The largest absolute Gasteiger partial charge is 0.481 e. The van der Waals surface area contributed by atoms with Crippen LogP contribution in [-0.2, 0) is 24.7 Å². The van der Waals surface area contributed by atoms with Gasteiger partial charge >= 0.3 is 5.97 Å². The molecule has 5 rings (SSSR count). The van der Waals surface area contributed by atoms with Crippen LogP contribution in [0.4, 0.5) is 4.39 Å². The van der Waals surface area contributed by atoms with Gasteiger partial charge in [0.2, 0.25) is 7.37 Å². The van der Waals surface area contributed by atoms with E-state index in [4.69, 9.17) is 8.95 Å². The summed E-state index contributed by atoms with van der Waals surface area (Å²) in [5, 5.41) is 12.8. The molecule has 0 aliphatic heterocycles. The van der Waals surface area contributed by atoms with E-state index in [1.165, 1.54) is 19.2 Å². The number of hydrogen-bond acceptors (Lipinski definition) is 4. The molecule has 2 atom stereocenters. The minimum absolute atomic E-state index is 0.0475. The molecule has 1 aromatic heterocycles. The lowest BCUT2D eigenvalue weighted by Gasteiger charge is -2.45. The summed E-state index contributed by atoms with van der Waals surface area (Å²) >= 11 is 0. The maximum atomic E-state index is 14.8. The highest BCUT2D eigenvalue weighted by Crippen LogP contribution is 2.50. The molecule has 0 fully saturated rings. The van der Waals surface area contributed by atoms with Crippen molar-refractivity contribution in [2.45, 2.75) is 64.6 Å². The first-order valence-corrected chi connectivity index (χ1v) is 20.7. The van der Waals surface area contributed by atoms with Crippen molar-refractivity contribution >= 4 is 42.9 Å². The number of carboxylic acid groups (broad SMARTS) is 1. The number of fused-ring (bicyclic) bond motifs is 1. The molecule has 49 heavy (non-hydrogen) atoms. The summed E-state index contributed by atoms with van der Waals surface area (Å²) in [4.78, 5) is 12.4. The predicted molar refractivity (Wildman–Crippen MR) is 201 cm³/mol. The molecule has 4 aromatic carbocycles. The van der Waals surface area contributed by atoms with Crippen LogP contribution in [0.2, 0.25) is 5.04 Å². The normalized spacial score (nSPS) is 14.2. The highest BCUT2D eigenvalue weighted by molar-refractivity contribution is 7.59. The molecule has 1 heterocycles. The van der Waals surface area contributed by atoms with Gasteiger partial charge in [-0.25, -0.2) is 4.39 Å². The van der Waals surface area contributed by atoms with Crippen LogP contribution in [0.5, 0.6) is 0 Å². The summed E-state index contributed by atoms with van der Waals surface area (Å²) in [6, 6.07) is 34.7. The van der Waals surface area contributed by atoms with E-state index < -0.39 is 32.8 Å². The Morgan fingerprint density at radius 2 is 1.43 bits per heavy atom. The van der Waals surface area contributed by atoms with Crippen LogP contribution in [0.25, 0.3) is 22.0 Å². The summed E-state index contributed by atoms with van der Waals surface area (Å²) in [5.41, 5.74) is 3.86. The Kier molecular flexibility index (Phi) is 11.1. The van der Waals surface area contributed by atoms with Gasteiger partial charge in [-0.15, -0.1) is 0 Å². The van der Waals surface area contributed by atoms with E-state index >= 15 is 0 Å². The van der Waals surface area contributed by atoms with Gasteiger partial charge in [0.15, 0.2) is 0 Å². The third-order valence-corrected chi connectivity index (χ3v) is 17.0. The fourth-order valence-electron chi connectivity index (χ4n) is 7.21. The standard InChI is InChI=1S/C40H47FNO5PSi/c1-29(2)42-36-20-14-13-19-35(36)39(30-21-23-31(41)24-22-30)37(42)25-26-48(45,46-6)28-32(27-38(43)44)47-49(40(3,4)5,33-15-9-7-10-16-33)34-17-11-8-12-18-34/h7-24,29,32H,25-28H2,1-6H3,(H,43,44)/t32-,48?/m0/s1. The van der Waals surface area contributed by atoms with Gasteiger partial charge in [-0.05, 0) is 59.4 Å². The highest BCUT2D eigenvalue weighted by Gasteiger charge is 2.52. The number of benzene rings is 4. The molecule has 9 heteroatoms. The van der Waals surface area contributed by atoms with Gasteiger partial charge in [0.05, 0.1) is 18.7 Å². The maximum Gasteiger partial charge on any atom is 0.305 e. The smallest absolute Gasteiger partial charge is 0.305 e.